The fourth-order valence-electron chi connectivity index (χ4n) is 0.997. The second kappa shape index (κ2) is 5.18. The molecule has 0 aliphatic heterocycles. The molecule has 0 spiro atoms. The van der Waals surface area contributed by atoms with Gasteiger partial charge in [-0.15, -0.1) is 0 Å². The molecule has 0 atom stereocenters. The van der Waals surface area contributed by atoms with Crippen molar-refractivity contribution >= 4 is 5.91 Å². The van der Waals surface area contributed by atoms with Gasteiger partial charge in [-0.25, -0.2) is 0 Å². The normalized spacial score (nSPS) is 9.79. The first-order valence-corrected chi connectivity index (χ1v) is 4.36. The summed E-state index contributed by atoms with van der Waals surface area (Å²) in [7, 11) is 1.79. The molecular formula is C9H13N3O2. The molecule has 1 heterocycles. The Balaban J connectivity index is 2.61. The highest BCUT2D eigenvalue weighted by molar-refractivity contribution is 5.93. The Labute approximate surface area is 81.5 Å². The number of aromatic nitrogens is 1. The fourth-order valence-corrected chi connectivity index (χ4v) is 0.997. The molecule has 0 saturated carbocycles. The van der Waals surface area contributed by atoms with Crippen LogP contribution in [0.5, 0.6) is 0 Å². The first kappa shape index (κ1) is 10.5. The smallest absolute Gasteiger partial charge is 0.260 e. The van der Waals surface area contributed by atoms with Crippen LogP contribution in [0.2, 0.25) is 0 Å². The number of likely N-dealkylation sites (N-methyl/N-ethyl adjacent to an activating group) is 1. The number of rotatable bonds is 4. The van der Waals surface area contributed by atoms with Crippen LogP contribution in [0.15, 0.2) is 23.1 Å². The Hall–Kier alpha value is -1.62. The van der Waals surface area contributed by atoms with Crippen molar-refractivity contribution in [2.75, 3.05) is 20.1 Å². The highest BCUT2D eigenvalue weighted by Gasteiger charge is 2.07. The number of amides is 1. The zero-order chi connectivity index (χ0) is 10.4. The Morgan fingerprint density at radius 1 is 1.50 bits per heavy atom. The molecule has 0 unspecified atom stereocenters. The van der Waals surface area contributed by atoms with E-state index in [0.29, 0.717) is 13.1 Å². The molecule has 0 aliphatic rings. The zero-order valence-corrected chi connectivity index (χ0v) is 7.96. The number of hydrogen-bond acceptors (Lipinski definition) is 3. The highest BCUT2D eigenvalue weighted by atomic mass is 16.2. The maximum atomic E-state index is 11.4. The monoisotopic (exact) mass is 195 g/mol. The molecule has 1 aromatic rings. The maximum absolute atomic E-state index is 11.4. The van der Waals surface area contributed by atoms with E-state index in [1.165, 1.54) is 12.3 Å². The van der Waals surface area contributed by atoms with Gasteiger partial charge < -0.3 is 15.6 Å². The van der Waals surface area contributed by atoms with Crippen molar-refractivity contribution in [3.63, 3.8) is 0 Å². The van der Waals surface area contributed by atoms with Crippen molar-refractivity contribution in [1.29, 1.82) is 0 Å². The zero-order valence-electron chi connectivity index (χ0n) is 7.96. The lowest BCUT2D eigenvalue weighted by molar-refractivity contribution is 0.0952. The van der Waals surface area contributed by atoms with Crippen molar-refractivity contribution in [2.45, 2.75) is 0 Å². The van der Waals surface area contributed by atoms with Gasteiger partial charge in [0.2, 0.25) is 0 Å². The summed E-state index contributed by atoms with van der Waals surface area (Å²) in [6.45, 7) is 1.18. The van der Waals surface area contributed by atoms with E-state index in [-0.39, 0.29) is 17.0 Å². The lowest BCUT2D eigenvalue weighted by atomic mass is 10.2. The molecule has 0 bridgehead atoms. The third-order valence-electron chi connectivity index (χ3n) is 1.72. The van der Waals surface area contributed by atoms with Crippen LogP contribution >= 0.6 is 0 Å². The van der Waals surface area contributed by atoms with Crippen molar-refractivity contribution in [2.24, 2.45) is 0 Å². The van der Waals surface area contributed by atoms with E-state index in [1.807, 2.05) is 0 Å². The topological polar surface area (TPSA) is 74.0 Å². The van der Waals surface area contributed by atoms with E-state index in [0.717, 1.165) is 0 Å². The van der Waals surface area contributed by atoms with Crippen LogP contribution in [0.4, 0.5) is 0 Å². The summed E-state index contributed by atoms with van der Waals surface area (Å²) in [5, 5.41) is 5.51. The van der Waals surface area contributed by atoms with Crippen LogP contribution in [-0.2, 0) is 0 Å². The summed E-state index contributed by atoms with van der Waals surface area (Å²) in [5.41, 5.74) is -0.224. The van der Waals surface area contributed by atoms with Gasteiger partial charge >= 0.3 is 0 Å². The Kier molecular flexibility index (Phi) is 3.87. The maximum Gasteiger partial charge on any atom is 0.260 e. The number of H-pyrrole nitrogens is 1. The van der Waals surface area contributed by atoms with Crippen LogP contribution < -0.4 is 16.2 Å². The average molecular weight is 195 g/mol. The van der Waals surface area contributed by atoms with Crippen LogP contribution in [0, 0.1) is 0 Å². The van der Waals surface area contributed by atoms with E-state index in [4.69, 9.17) is 0 Å². The van der Waals surface area contributed by atoms with Gasteiger partial charge in [-0.05, 0) is 19.2 Å². The highest BCUT2D eigenvalue weighted by Crippen LogP contribution is 1.87. The van der Waals surface area contributed by atoms with E-state index in [9.17, 15) is 9.59 Å². The van der Waals surface area contributed by atoms with Gasteiger partial charge in [0, 0.05) is 19.3 Å². The molecule has 0 aliphatic carbocycles. The van der Waals surface area contributed by atoms with Crippen molar-refractivity contribution in [3.8, 4) is 0 Å². The van der Waals surface area contributed by atoms with Crippen molar-refractivity contribution in [1.82, 2.24) is 15.6 Å². The van der Waals surface area contributed by atoms with Crippen molar-refractivity contribution < 1.29 is 4.79 Å². The molecule has 1 aromatic heterocycles. The minimum absolute atomic E-state index is 0.142. The summed E-state index contributed by atoms with van der Waals surface area (Å²) in [6.07, 6.45) is 1.49. The summed E-state index contributed by atoms with van der Waals surface area (Å²) in [6, 6.07) is 3.11. The van der Waals surface area contributed by atoms with E-state index in [2.05, 4.69) is 15.6 Å². The van der Waals surface area contributed by atoms with Crippen LogP contribution in [0.25, 0.3) is 0 Å². The van der Waals surface area contributed by atoms with E-state index >= 15 is 0 Å². The number of aromatic amines is 1. The first-order chi connectivity index (χ1) is 6.75. The minimum atomic E-state index is -0.366. The third kappa shape index (κ3) is 2.70. The van der Waals surface area contributed by atoms with E-state index < -0.39 is 0 Å². The second-order valence-corrected chi connectivity index (χ2v) is 2.77. The molecule has 0 fully saturated rings. The molecule has 0 saturated heterocycles. The standard InChI is InChI=1S/C9H13N3O2/c1-10-5-6-12-9(14)7-3-2-4-11-8(7)13/h2-4,10H,5-6H2,1H3,(H,11,13)(H,12,14). The van der Waals surface area contributed by atoms with Crippen LogP contribution in [-0.4, -0.2) is 31.0 Å². The number of hydrogen-bond donors (Lipinski definition) is 3. The molecular weight excluding hydrogens is 182 g/mol. The molecule has 76 valence electrons. The lowest BCUT2D eigenvalue weighted by Crippen LogP contribution is -2.33. The van der Waals surface area contributed by atoms with Gasteiger partial charge in [-0.3, -0.25) is 9.59 Å². The fraction of sp³-hybridized carbons (Fsp3) is 0.333. The quantitative estimate of drug-likeness (QED) is 0.557. The molecule has 14 heavy (non-hydrogen) atoms. The summed E-state index contributed by atoms with van der Waals surface area (Å²) >= 11 is 0. The Bertz CT molecular complexity index is 359. The van der Waals surface area contributed by atoms with Crippen LogP contribution in [0.1, 0.15) is 10.4 Å². The van der Waals surface area contributed by atoms with Crippen LogP contribution in [0.3, 0.4) is 0 Å². The summed E-state index contributed by atoms with van der Waals surface area (Å²) < 4.78 is 0. The predicted octanol–water partition coefficient (Wildman–Crippen LogP) is -0.676. The third-order valence-corrected chi connectivity index (χ3v) is 1.72. The van der Waals surface area contributed by atoms with Gasteiger partial charge in [0.1, 0.15) is 5.56 Å². The van der Waals surface area contributed by atoms with Gasteiger partial charge in [0.15, 0.2) is 0 Å². The van der Waals surface area contributed by atoms with Gasteiger partial charge in [0.05, 0.1) is 0 Å². The van der Waals surface area contributed by atoms with Gasteiger partial charge in [-0.2, -0.15) is 0 Å². The van der Waals surface area contributed by atoms with Crippen molar-refractivity contribution in [3.05, 3.63) is 34.2 Å². The molecule has 0 radical (unpaired) electrons. The Morgan fingerprint density at radius 2 is 2.29 bits per heavy atom. The molecule has 5 heteroatoms. The predicted molar refractivity (Wildman–Crippen MR) is 53.3 cm³/mol. The lowest BCUT2D eigenvalue weighted by Gasteiger charge is -2.02. The largest absolute Gasteiger partial charge is 0.351 e. The van der Waals surface area contributed by atoms with Gasteiger partial charge in [-0.1, -0.05) is 0 Å². The first-order valence-electron chi connectivity index (χ1n) is 4.36. The number of pyridine rings is 1. The number of carbonyl (C=O) groups is 1. The average Bonchev–Trinajstić information content (AvgIpc) is 2.18. The molecule has 0 aromatic carbocycles. The SMILES string of the molecule is CNCCNC(=O)c1ccc[nH]c1=O. The summed E-state index contributed by atoms with van der Waals surface area (Å²) in [4.78, 5) is 25.0. The molecule has 5 nitrogen and oxygen atoms in total. The summed E-state index contributed by atoms with van der Waals surface area (Å²) in [5.74, 6) is -0.345. The second-order valence-electron chi connectivity index (χ2n) is 2.77. The number of carbonyl (C=O) groups excluding carboxylic acids is 1. The molecule has 1 rings (SSSR count). The number of nitrogens with one attached hydrogen (secondary N) is 3. The van der Waals surface area contributed by atoms with E-state index in [1.54, 1.807) is 13.1 Å². The minimum Gasteiger partial charge on any atom is -0.351 e. The molecule has 1 amide bonds. The Morgan fingerprint density at radius 3 is 2.93 bits per heavy atom. The molecule has 3 N–H and O–H groups in total. The van der Waals surface area contributed by atoms with Gasteiger partial charge in [0.25, 0.3) is 11.5 Å².